The molecule has 0 spiro atoms. The predicted octanol–water partition coefficient (Wildman–Crippen LogP) is 1.18. The number of imide groups is 1. The molecule has 1 aliphatic heterocycles. The van der Waals surface area contributed by atoms with Crippen molar-refractivity contribution in [1.82, 2.24) is 20.4 Å². The molecule has 7 heteroatoms. The molecule has 2 N–H and O–H groups in total. The summed E-state index contributed by atoms with van der Waals surface area (Å²) in [6, 6.07) is 6.35. The second kappa shape index (κ2) is 9.34. The van der Waals surface area contributed by atoms with Gasteiger partial charge >= 0.3 is 6.03 Å². The van der Waals surface area contributed by atoms with Gasteiger partial charge in [0.15, 0.2) is 0 Å². The van der Waals surface area contributed by atoms with Crippen LogP contribution in [0.3, 0.4) is 0 Å². The molecule has 0 aliphatic carbocycles. The van der Waals surface area contributed by atoms with Crippen molar-refractivity contribution >= 4 is 11.9 Å². The monoisotopic (exact) mass is 336 g/mol. The number of halogens is 1. The summed E-state index contributed by atoms with van der Waals surface area (Å²) < 4.78 is 13.7. The molecule has 0 unspecified atom stereocenters. The first-order chi connectivity index (χ1) is 11.6. The Kier molecular flexibility index (Phi) is 7.14. The zero-order valence-corrected chi connectivity index (χ0v) is 14.1. The van der Waals surface area contributed by atoms with E-state index in [-0.39, 0.29) is 18.3 Å². The number of amides is 3. The van der Waals surface area contributed by atoms with E-state index in [1.165, 1.54) is 6.07 Å². The molecule has 0 saturated carbocycles. The molecule has 2 rings (SSSR count). The van der Waals surface area contributed by atoms with Crippen LogP contribution in [0, 0.1) is 5.82 Å². The highest BCUT2D eigenvalue weighted by atomic mass is 19.1. The second-order valence-electron chi connectivity index (χ2n) is 5.95. The normalized spacial score (nSPS) is 15.9. The number of hydrogen-bond acceptors (Lipinski definition) is 4. The molecule has 1 aromatic carbocycles. The molecule has 1 aliphatic rings. The van der Waals surface area contributed by atoms with Crippen LogP contribution in [0.1, 0.15) is 18.9 Å². The van der Waals surface area contributed by atoms with Crippen LogP contribution in [0.4, 0.5) is 9.18 Å². The van der Waals surface area contributed by atoms with E-state index in [9.17, 15) is 14.0 Å². The van der Waals surface area contributed by atoms with Gasteiger partial charge in [-0.05, 0) is 12.5 Å². The Labute approximate surface area is 142 Å². The van der Waals surface area contributed by atoms with E-state index in [2.05, 4.69) is 15.5 Å². The van der Waals surface area contributed by atoms with Gasteiger partial charge in [-0.15, -0.1) is 0 Å². The number of nitrogens with one attached hydrogen (secondary N) is 2. The molecule has 1 fully saturated rings. The van der Waals surface area contributed by atoms with Crippen LogP contribution in [0.2, 0.25) is 0 Å². The molecule has 3 amide bonds. The van der Waals surface area contributed by atoms with E-state index in [0.717, 1.165) is 32.6 Å². The third kappa shape index (κ3) is 5.90. The van der Waals surface area contributed by atoms with Crippen molar-refractivity contribution in [2.45, 2.75) is 19.9 Å². The van der Waals surface area contributed by atoms with Crippen molar-refractivity contribution in [3.05, 3.63) is 35.6 Å². The number of urea groups is 1. The van der Waals surface area contributed by atoms with Crippen molar-refractivity contribution in [2.75, 3.05) is 39.3 Å². The Morgan fingerprint density at radius 2 is 1.79 bits per heavy atom. The topological polar surface area (TPSA) is 64.7 Å². The van der Waals surface area contributed by atoms with Gasteiger partial charge in [-0.3, -0.25) is 19.9 Å². The van der Waals surface area contributed by atoms with E-state index in [1.807, 2.05) is 17.9 Å². The highest BCUT2D eigenvalue weighted by molar-refractivity contribution is 5.95. The average Bonchev–Trinajstić information content (AvgIpc) is 2.56. The molecule has 0 atom stereocenters. The molecular formula is C17H25FN4O2. The standard InChI is InChI=1S/C17H25FN4O2/c1-2-7-19-17(24)20-16(23)13-22-10-8-21(9-11-22)12-14-5-3-4-6-15(14)18/h3-6H,2,7-13H2,1H3,(H2,19,20,23,24). The van der Waals surface area contributed by atoms with Crippen molar-refractivity contribution in [2.24, 2.45) is 0 Å². The second-order valence-corrected chi connectivity index (χ2v) is 5.95. The molecule has 1 heterocycles. The number of piperazine rings is 1. The van der Waals surface area contributed by atoms with E-state index in [1.54, 1.807) is 12.1 Å². The summed E-state index contributed by atoms with van der Waals surface area (Å²) in [5.41, 5.74) is 0.691. The zero-order chi connectivity index (χ0) is 17.4. The summed E-state index contributed by atoms with van der Waals surface area (Å²) in [6.07, 6.45) is 0.825. The maximum Gasteiger partial charge on any atom is 0.321 e. The van der Waals surface area contributed by atoms with Crippen molar-refractivity contribution in [3.63, 3.8) is 0 Å². The molecule has 6 nitrogen and oxygen atoms in total. The Morgan fingerprint density at radius 3 is 2.46 bits per heavy atom. The first-order valence-corrected chi connectivity index (χ1v) is 8.34. The molecule has 0 radical (unpaired) electrons. The van der Waals surface area contributed by atoms with Gasteiger partial charge in [-0.2, -0.15) is 0 Å². The van der Waals surface area contributed by atoms with Crippen molar-refractivity contribution in [1.29, 1.82) is 0 Å². The van der Waals surface area contributed by atoms with Crippen LogP contribution in [0.15, 0.2) is 24.3 Å². The summed E-state index contributed by atoms with van der Waals surface area (Å²) in [5, 5.41) is 4.93. The van der Waals surface area contributed by atoms with Gasteiger partial charge in [0.25, 0.3) is 0 Å². The van der Waals surface area contributed by atoms with E-state index < -0.39 is 6.03 Å². The Morgan fingerprint density at radius 1 is 1.12 bits per heavy atom. The number of rotatable bonds is 6. The molecule has 0 aromatic heterocycles. The first-order valence-electron chi connectivity index (χ1n) is 8.34. The van der Waals surface area contributed by atoms with E-state index in [4.69, 9.17) is 0 Å². The molecule has 1 aromatic rings. The lowest BCUT2D eigenvalue weighted by Gasteiger charge is -2.34. The minimum absolute atomic E-state index is 0.183. The minimum Gasteiger partial charge on any atom is -0.338 e. The smallest absolute Gasteiger partial charge is 0.321 e. The van der Waals surface area contributed by atoms with Crippen LogP contribution in [-0.4, -0.2) is 61.0 Å². The quantitative estimate of drug-likeness (QED) is 0.819. The van der Waals surface area contributed by atoms with Gasteiger partial charge in [-0.25, -0.2) is 9.18 Å². The number of carbonyl (C=O) groups excluding carboxylic acids is 2. The van der Waals surface area contributed by atoms with Crippen LogP contribution in [0.5, 0.6) is 0 Å². The summed E-state index contributed by atoms with van der Waals surface area (Å²) in [7, 11) is 0. The van der Waals surface area contributed by atoms with Gasteiger partial charge < -0.3 is 5.32 Å². The summed E-state index contributed by atoms with van der Waals surface area (Å²) in [5.74, 6) is -0.483. The van der Waals surface area contributed by atoms with Gasteiger partial charge in [0.05, 0.1) is 6.54 Å². The summed E-state index contributed by atoms with van der Waals surface area (Å²) in [4.78, 5) is 27.4. The van der Waals surface area contributed by atoms with Crippen molar-refractivity contribution in [3.8, 4) is 0 Å². The number of hydrogen-bond donors (Lipinski definition) is 2. The third-order valence-electron chi connectivity index (χ3n) is 3.97. The molecule has 24 heavy (non-hydrogen) atoms. The minimum atomic E-state index is -0.444. The third-order valence-corrected chi connectivity index (χ3v) is 3.97. The van der Waals surface area contributed by atoms with Crippen LogP contribution < -0.4 is 10.6 Å². The summed E-state index contributed by atoms with van der Waals surface area (Å²) in [6.45, 7) is 6.25. The zero-order valence-electron chi connectivity index (χ0n) is 14.1. The largest absolute Gasteiger partial charge is 0.338 e. The molecule has 1 saturated heterocycles. The lowest BCUT2D eigenvalue weighted by atomic mass is 10.2. The Hall–Kier alpha value is -1.99. The van der Waals surface area contributed by atoms with Gasteiger partial charge in [0.1, 0.15) is 5.82 Å². The van der Waals surface area contributed by atoms with Gasteiger partial charge in [0.2, 0.25) is 5.91 Å². The van der Waals surface area contributed by atoms with Crippen LogP contribution in [-0.2, 0) is 11.3 Å². The fourth-order valence-electron chi connectivity index (χ4n) is 2.63. The molecular weight excluding hydrogens is 311 g/mol. The van der Waals surface area contributed by atoms with Crippen LogP contribution >= 0.6 is 0 Å². The lowest BCUT2D eigenvalue weighted by Crippen LogP contribution is -2.50. The lowest BCUT2D eigenvalue weighted by molar-refractivity contribution is -0.121. The van der Waals surface area contributed by atoms with Crippen molar-refractivity contribution < 1.29 is 14.0 Å². The first kappa shape index (κ1) is 18.4. The van der Waals surface area contributed by atoms with Gasteiger partial charge in [-0.1, -0.05) is 25.1 Å². The highest BCUT2D eigenvalue weighted by Crippen LogP contribution is 2.11. The fraction of sp³-hybridized carbons (Fsp3) is 0.529. The Balaban J connectivity index is 1.70. The SMILES string of the molecule is CCCNC(=O)NC(=O)CN1CCN(Cc2ccccc2F)CC1. The van der Waals surface area contributed by atoms with Gasteiger partial charge in [0, 0.05) is 44.8 Å². The number of nitrogens with zero attached hydrogens (tertiary/aromatic N) is 2. The fourth-order valence-corrected chi connectivity index (χ4v) is 2.63. The predicted molar refractivity (Wildman–Crippen MR) is 89.9 cm³/mol. The average molecular weight is 336 g/mol. The Bertz CT molecular complexity index is 559. The summed E-state index contributed by atoms with van der Waals surface area (Å²) >= 11 is 0. The van der Waals surface area contributed by atoms with E-state index >= 15 is 0 Å². The molecule has 0 bridgehead atoms. The maximum atomic E-state index is 13.7. The van der Waals surface area contributed by atoms with E-state index in [0.29, 0.717) is 18.7 Å². The van der Waals surface area contributed by atoms with Crippen LogP contribution in [0.25, 0.3) is 0 Å². The maximum absolute atomic E-state index is 13.7. The molecule has 132 valence electrons. The highest BCUT2D eigenvalue weighted by Gasteiger charge is 2.20. The number of benzene rings is 1. The number of carbonyl (C=O) groups is 2.